The topological polar surface area (TPSA) is 87.3 Å². The molecule has 7 nitrogen and oxygen atoms in total. The van der Waals surface area contributed by atoms with Crippen LogP contribution in [0, 0.1) is 6.92 Å². The van der Waals surface area contributed by atoms with E-state index in [1.54, 1.807) is 4.90 Å². The second-order valence-corrected chi connectivity index (χ2v) is 6.01. The van der Waals surface area contributed by atoms with Gasteiger partial charge < -0.3 is 15.0 Å². The van der Waals surface area contributed by atoms with E-state index in [2.05, 4.69) is 10.4 Å². The molecule has 0 atom stereocenters. The lowest BCUT2D eigenvalue weighted by Gasteiger charge is -2.26. The first-order valence-electron chi connectivity index (χ1n) is 8.18. The molecule has 1 saturated heterocycles. The van der Waals surface area contributed by atoms with Crippen molar-refractivity contribution in [2.75, 3.05) is 31.6 Å². The van der Waals surface area contributed by atoms with Crippen LogP contribution in [-0.2, 0) is 10.9 Å². The van der Waals surface area contributed by atoms with Gasteiger partial charge in [-0.05, 0) is 31.2 Å². The van der Waals surface area contributed by atoms with Gasteiger partial charge in [-0.15, -0.1) is 0 Å². The van der Waals surface area contributed by atoms with E-state index >= 15 is 0 Å². The number of aromatic amines is 1. The Bertz CT molecular complexity index is 840. The fraction of sp³-hybridized carbons (Fsp3) is 0.353. The molecule has 1 aliphatic heterocycles. The van der Waals surface area contributed by atoms with Crippen molar-refractivity contribution >= 4 is 17.6 Å². The van der Waals surface area contributed by atoms with Crippen LogP contribution in [0.2, 0.25) is 0 Å². The van der Waals surface area contributed by atoms with Crippen molar-refractivity contribution in [3.8, 4) is 0 Å². The van der Waals surface area contributed by atoms with E-state index in [-0.39, 0.29) is 22.9 Å². The van der Waals surface area contributed by atoms with Gasteiger partial charge in [-0.25, -0.2) is 0 Å². The van der Waals surface area contributed by atoms with Crippen LogP contribution in [0.15, 0.2) is 24.3 Å². The number of halogens is 3. The van der Waals surface area contributed by atoms with Crippen LogP contribution in [0.3, 0.4) is 0 Å². The van der Waals surface area contributed by atoms with E-state index < -0.39 is 17.8 Å². The van der Waals surface area contributed by atoms with Crippen molar-refractivity contribution in [3.05, 3.63) is 46.6 Å². The smallest absolute Gasteiger partial charge is 0.378 e. The number of nitrogens with one attached hydrogen (secondary N) is 2. The summed E-state index contributed by atoms with van der Waals surface area (Å²) in [6, 6.07) is 5.89. The van der Waals surface area contributed by atoms with Gasteiger partial charge in [0.1, 0.15) is 5.69 Å². The number of hydrogen-bond acceptors (Lipinski definition) is 4. The zero-order valence-electron chi connectivity index (χ0n) is 14.4. The molecular formula is C17H17F3N4O3. The summed E-state index contributed by atoms with van der Waals surface area (Å²) in [7, 11) is 0. The fourth-order valence-electron chi connectivity index (χ4n) is 2.69. The Kier molecular flexibility index (Phi) is 5.17. The van der Waals surface area contributed by atoms with E-state index in [1.807, 2.05) is 5.10 Å². The van der Waals surface area contributed by atoms with Crippen molar-refractivity contribution in [2.24, 2.45) is 0 Å². The van der Waals surface area contributed by atoms with E-state index in [4.69, 9.17) is 4.74 Å². The van der Waals surface area contributed by atoms with E-state index in [1.165, 1.54) is 31.2 Å². The molecule has 1 fully saturated rings. The van der Waals surface area contributed by atoms with Gasteiger partial charge >= 0.3 is 6.18 Å². The van der Waals surface area contributed by atoms with Crippen LogP contribution in [0.1, 0.15) is 32.0 Å². The highest BCUT2D eigenvalue weighted by molar-refractivity contribution is 6.05. The Morgan fingerprint density at radius 3 is 2.30 bits per heavy atom. The molecule has 2 N–H and O–H groups in total. The number of hydrogen-bond donors (Lipinski definition) is 2. The highest BCUT2D eigenvalue weighted by Crippen LogP contribution is 2.32. The third-order valence-electron chi connectivity index (χ3n) is 4.22. The SMILES string of the molecule is Cc1c(NC(=O)c2ccc(C(=O)N3CCOCC3)cc2)n[nH]c1C(F)(F)F. The Labute approximate surface area is 152 Å². The number of anilines is 1. The summed E-state index contributed by atoms with van der Waals surface area (Å²) in [5, 5.41) is 7.72. The minimum absolute atomic E-state index is 0.164. The second-order valence-electron chi connectivity index (χ2n) is 6.01. The van der Waals surface area contributed by atoms with Gasteiger partial charge in [0.15, 0.2) is 5.82 Å². The number of H-pyrrole nitrogens is 1. The molecule has 0 radical (unpaired) electrons. The average molecular weight is 382 g/mol. The Morgan fingerprint density at radius 2 is 1.74 bits per heavy atom. The monoisotopic (exact) mass is 382 g/mol. The minimum atomic E-state index is -4.58. The molecule has 0 spiro atoms. The number of carbonyl (C=O) groups is 2. The first-order valence-corrected chi connectivity index (χ1v) is 8.18. The maximum absolute atomic E-state index is 12.8. The number of alkyl halides is 3. The maximum Gasteiger partial charge on any atom is 0.433 e. The first kappa shape index (κ1) is 18.9. The number of amides is 2. The van der Waals surface area contributed by atoms with E-state index in [0.29, 0.717) is 31.9 Å². The molecule has 2 heterocycles. The Morgan fingerprint density at radius 1 is 1.15 bits per heavy atom. The second kappa shape index (κ2) is 7.39. The zero-order valence-corrected chi connectivity index (χ0v) is 14.4. The summed E-state index contributed by atoms with van der Waals surface area (Å²) < 4.78 is 43.5. The van der Waals surface area contributed by atoms with Crippen LogP contribution in [0.5, 0.6) is 0 Å². The summed E-state index contributed by atoms with van der Waals surface area (Å²) in [5.41, 5.74) is -0.590. The molecule has 0 saturated carbocycles. The van der Waals surface area contributed by atoms with E-state index in [0.717, 1.165) is 0 Å². The normalized spacial score (nSPS) is 14.9. The van der Waals surface area contributed by atoms with Gasteiger partial charge in [-0.2, -0.15) is 18.3 Å². The number of carbonyl (C=O) groups excluding carboxylic acids is 2. The van der Waals surface area contributed by atoms with Gasteiger partial charge in [0, 0.05) is 29.8 Å². The molecule has 10 heteroatoms. The summed E-state index contributed by atoms with van der Waals surface area (Å²) in [5.74, 6) is -0.979. The highest BCUT2D eigenvalue weighted by atomic mass is 19.4. The van der Waals surface area contributed by atoms with Crippen molar-refractivity contribution in [2.45, 2.75) is 13.1 Å². The van der Waals surface area contributed by atoms with Gasteiger partial charge in [0.05, 0.1) is 13.2 Å². The predicted molar refractivity (Wildman–Crippen MR) is 89.4 cm³/mol. The van der Waals surface area contributed by atoms with Crippen LogP contribution in [0.25, 0.3) is 0 Å². The number of benzene rings is 1. The van der Waals surface area contributed by atoms with E-state index in [9.17, 15) is 22.8 Å². The number of morpholine rings is 1. The molecule has 27 heavy (non-hydrogen) atoms. The standard InChI is InChI=1S/C17H17F3N4O3/c1-10-13(17(18,19)20)22-23-14(10)21-15(25)11-2-4-12(5-3-11)16(26)24-6-8-27-9-7-24/h2-5H,6-9H2,1H3,(H2,21,22,23,25). The van der Waals surface area contributed by atoms with Crippen molar-refractivity contribution < 1.29 is 27.5 Å². The molecule has 2 amide bonds. The predicted octanol–water partition coefficient (Wildman–Crippen LogP) is 2.46. The molecule has 1 aromatic heterocycles. The van der Waals surface area contributed by atoms with Crippen molar-refractivity contribution in [1.29, 1.82) is 0 Å². The number of ether oxygens (including phenoxy) is 1. The summed E-state index contributed by atoms with van der Waals surface area (Å²) >= 11 is 0. The van der Waals surface area contributed by atoms with Gasteiger partial charge in [-0.3, -0.25) is 14.7 Å². The largest absolute Gasteiger partial charge is 0.433 e. The first-order chi connectivity index (χ1) is 12.8. The average Bonchev–Trinajstić information content (AvgIpc) is 3.02. The van der Waals surface area contributed by atoms with Crippen molar-refractivity contribution in [3.63, 3.8) is 0 Å². The lowest BCUT2D eigenvalue weighted by Crippen LogP contribution is -2.40. The van der Waals surface area contributed by atoms with Crippen LogP contribution in [-0.4, -0.2) is 53.2 Å². The molecular weight excluding hydrogens is 365 g/mol. The molecule has 3 rings (SSSR count). The van der Waals surface area contributed by atoms with Crippen LogP contribution < -0.4 is 5.32 Å². The highest BCUT2D eigenvalue weighted by Gasteiger charge is 2.36. The zero-order chi connectivity index (χ0) is 19.6. The number of rotatable bonds is 3. The molecule has 144 valence electrons. The lowest BCUT2D eigenvalue weighted by molar-refractivity contribution is -0.141. The van der Waals surface area contributed by atoms with Gasteiger partial charge in [-0.1, -0.05) is 0 Å². The third-order valence-corrected chi connectivity index (χ3v) is 4.22. The summed E-state index contributed by atoms with van der Waals surface area (Å²) in [4.78, 5) is 26.3. The Hall–Kier alpha value is -2.88. The quantitative estimate of drug-likeness (QED) is 0.854. The Balaban J connectivity index is 1.69. The maximum atomic E-state index is 12.8. The third kappa shape index (κ3) is 4.11. The molecule has 0 aliphatic carbocycles. The molecule has 0 bridgehead atoms. The van der Waals surface area contributed by atoms with Crippen molar-refractivity contribution in [1.82, 2.24) is 15.1 Å². The molecule has 1 aromatic carbocycles. The van der Waals surface area contributed by atoms with Gasteiger partial charge in [0.2, 0.25) is 0 Å². The summed E-state index contributed by atoms with van der Waals surface area (Å²) in [6.45, 7) is 3.18. The lowest BCUT2D eigenvalue weighted by atomic mass is 10.1. The molecule has 1 aliphatic rings. The van der Waals surface area contributed by atoms with Crippen LogP contribution >= 0.6 is 0 Å². The van der Waals surface area contributed by atoms with Crippen LogP contribution in [0.4, 0.5) is 19.0 Å². The van der Waals surface area contributed by atoms with Gasteiger partial charge in [0.25, 0.3) is 11.8 Å². The fourth-order valence-corrected chi connectivity index (χ4v) is 2.69. The number of nitrogens with zero attached hydrogens (tertiary/aromatic N) is 2. The minimum Gasteiger partial charge on any atom is -0.378 e. The number of aromatic nitrogens is 2. The molecule has 2 aromatic rings. The molecule has 0 unspecified atom stereocenters. The summed E-state index contributed by atoms with van der Waals surface area (Å²) in [6.07, 6.45) is -4.58.